The Morgan fingerprint density at radius 3 is 2.59 bits per heavy atom. The molecule has 0 aromatic carbocycles. The van der Waals surface area contributed by atoms with Crippen LogP contribution in [0.15, 0.2) is 27.6 Å². The van der Waals surface area contributed by atoms with Gasteiger partial charge in [0.1, 0.15) is 0 Å². The van der Waals surface area contributed by atoms with Gasteiger partial charge in [0, 0.05) is 38.1 Å². The largest absolute Gasteiger partial charge is 0.340 e. The number of hydrogen-bond donors (Lipinski definition) is 1. The van der Waals surface area contributed by atoms with Crippen molar-refractivity contribution in [1.82, 2.24) is 9.97 Å². The fourth-order valence-corrected chi connectivity index (χ4v) is 2.62. The number of rotatable bonds is 4. The summed E-state index contributed by atoms with van der Waals surface area (Å²) in [5.41, 5.74) is 7.70. The van der Waals surface area contributed by atoms with Crippen LogP contribution >= 0.6 is 27.3 Å². The topological polar surface area (TPSA) is 55.0 Å². The quantitative estimate of drug-likeness (QED) is 0.942. The monoisotopic (exact) mass is 312 g/mol. The zero-order chi connectivity index (χ0) is 12.3. The lowest BCUT2D eigenvalue weighted by Gasteiger charge is -2.15. The summed E-state index contributed by atoms with van der Waals surface area (Å²) in [7, 11) is 1.98. The SMILES string of the molecule is CN(Cc1csc(Br)c1)c1ncc(CN)cn1. The Balaban J connectivity index is 2.06. The highest BCUT2D eigenvalue weighted by atomic mass is 79.9. The Bertz CT molecular complexity index is 482. The average Bonchev–Trinajstić information content (AvgIpc) is 2.75. The molecule has 0 saturated heterocycles. The van der Waals surface area contributed by atoms with Crippen molar-refractivity contribution in [2.24, 2.45) is 5.73 Å². The van der Waals surface area contributed by atoms with Crippen LogP contribution in [0.5, 0.6) is 0 Å². The zero-order valence-corrected chi connectivity index (χ0v) is 11.8. The highest BCUT2D eigenvalue weighted by Gasteiger charge is 2.06. The molecule has 0 amide bonds. The average molecular weight is 313 g/mol. The standard InChI is InChI=1S/C11H13BrN4S/c1-16(6-8-2-10(12)17-7-8)11-14-4-9(3-13)5-15-11/h2,4-5,7H,3,6,13H2,1H3. The lowest BCUT2D eigenvalue weighted by Crippen LogP contribution is -2.18. The van der Waals surface area contributed by atoms with Crippen molar-refractivity contribution in [2.45, 2.75) is 13.1 Å². The molecule has 0 aliphatic carbocycles. The second-order valence-corrected chi connectivity index (χ2v) is 6.00. The first-order valence-corrected chi connectivity index (χ1v) is 6.81. The number of nitrogens with zero attached hydrogens (tertiary/aromatic N) is 3. The summed E-state index contributed by atoms with van der Waals surface area (Å²) in [5.74, 6) is 0.713. The molecule has 0 bridgehead atoms. The molecule has 2 heterocycles. The third-order valence-corrected chi connectivity index (χ3v) is 3.86. The van der Waals surface area contributed by atoms with Gasteiger partial charge in [0.15, 0.2) is 0 Å². The number of thiophene rings is 1. The van der Waals surface area contributed by atoms with E-state index >= 15 is 0 Å². The number of anilines is 1. The lowest BCUT2D eigenvalue weighted by molar-refractivity contribution is 0.860. The van der Waals surface area contributed by atoms with Gasteiger partial charge in [0.2, 0.25) is 5.95 Å². The molecule has 0 unspecified atom stereocenters. The molecule has 0 aliphatic rings. The molecule has 0 fully saturated rings. The van der Waals surface area contributed by atoms with Crippen molar-refractivity contribution < 1.29 is 0 Å². The predicted molar refractivity (Wildman–Crippen MR) is 74.0 cm³/mol. The minimum absolute atomic E-state index is 0.474. The normalized spacial score (nSPS) is 10.5. The van der Waals surface area contributed by atoms with Gasteiger partial charge in [-0.3, -0.25) is 0 Å². The van der Waals surface area contributed by atoms with Crippen LogP contribution < -0.4 is 10.6 Å². The van der Waals surface area contributed by atoms with Crippen LogP contribution in [0.25, 0.3) is 0 Å². The first-order chi connectivity index (χ1) is 8.19. The van der Waals surface area contributed by atoms with Gasteiger partial charge in [-0.1, -0.05) is 0 Å². The molecule has 0 aliphatic heterocycles. The van der Waals surface area contributed by atoms with E-state index in [1.54, 1.807) is 23.7 Å². The van der Waals surface area contributed by atoms with E-state index in [0.717, 1.165) is 15.9 Å². The lowest BCUT2D eigenvalue weighted by atomic mass is 10.3. The molecule has 90 valence electrons. The molecule has 2 rings (SSSR count). The van der Waals surface area contributed by atoms with Crippen molar-refractivity contribution in [1.29, 1.82) is 0 Å². The minimum Gasteiger partial charge on any atom is -0.340 e. The Kier molecular flexibility index (Phi) is 4.09. The molecule has 17 heavy (non-hydrogen) atoms. The van der Waals surface area contributed by atoms with E-state index in [4.69, 9.17) is 5.73 Å². The Hall–Kier alpha value is -0.980. The molecule has 2 N–H and O–H groups in total. The van der Waals surface area contributed by atoms with Gasteiger partial charge in [-0.25, -0.2) is 9.97 Å². The van der Waals surface area contributed by atoms with Gasteiger partial charge in [-0.05, 0) is 32.9 Å². The molecule has 4 nitrogen and oxygen atoms in total. The summed E-state index contributed by atoms with van der Waals surface area (Å²) in [6.45, 7) is 1.27. The Labute approximate surface area is 113 Å². The molecule has 6 heteroatoms. The first-order valence-electron chi connectivity index (χ1n) is 5.14. The fourth-order valence-electron chi connectivity index (χ4n) is 1.42. The van der Waals surface area contributed by atoms with Crippen molar-refractivity contribution in [3.05, 3.63) is 38.8 Å². The predicted octanol–water partition coefficient (Wildman–Crippen LogP) is 2.40. The van der Waals surface area contributed by atoms with Crippen LogP contribution in [0, 0.1) is 0 Å². The molecule has 0 radical (unpaired) electrons. The van der Waals surface area contributed by atoms with Gasteiger partial charge in [0.05, 0.1) is 3.79 Å². The maximum absolute atomic E-state index is 5.50. The Morgan fingerprint density at radius 1 is 1.35 bits per heavy atom. The van der Waals surface area contributed by atoms with E-state index in [1.807, 2.05) is 11.9 Å². The summed E-state index contributed by atoms with van der Waals surface area (Å²) < 4.78 is 1.14. The summed E-state index contributed by atoms with van der Waals surface area (Å²) in [4.78, 5) is 10.6. The second kappa shape index (κ2) is 5.57. The van der Waals surface area contributed by atoms with Crippen molar-refractivity contribution >= 4 is 33.2 Å². The van der Waals surface area contributed by atoms with Crippen LogP contribution in [0.4, 0.5) is 5.95 Å². The molecule has 2 aromatic rings. The van der Waals surface area contributed by atoms with Crippen LogP contribution in [-0.2, 0) is 13.1 Å². The van der Waals surface area contributed by atoms with E-state index in [2.05, 4.69) is 37.3 Å². The number of aromatic nitrogens is 2. The van der Waals surface area contributed by atoms with E-state index in [-0.39, 0.29) is 0 Å². The van der Waals surface area contributed by atoms with Crippen molar-refractivity contribution in [3.8, 4) is 0 Å². The molecule has 0 atom stereocenters. The Morgan fingerprint density at radius 2 is 2.06 bits per heavy atom. The van der Waals surface area contributed by atoms with Gasteiger partial charge in [-0.15, -0.1) is 11.3 Å². The van der Waals surface area contributed by atoms with E-state index < -0.39 is 0 Å². The van der Waals surface area contributed by atoms with Gasteiger partial charge in [0.25, 0.3) is 0 Å². The third kappa shape index (κ3) is 3.24. The molecule has 0 spiro atoms. The minimum atomic E-state index is 0.474. The van der Waals surface area contributed by atoms with Gasteiger partial charge in [-0.2, -0.15) is 0 Å². The third-order valence-electron chi connectivity index (χ3n) is 2.31. The molecule has 2 aromatic heterocycles. The summed E-state index contributed by atoms with van der Waals surface area (Å²) >= 11 is 5.13. The number of nitrogens with two attached hydrogens (primary N) is 1. The summed E-state index contributed by atoms with van der Waals surface area (Å²) in [6, 6.07) is 2.11. The number of hydrogen-bond acceptors (Lipinski definition) is 5. The van der Waals surface area contributed by atoms with Crippen LogP contribution in [0.2, 0.25) is 0 Å². The highest BCUT2D eigenvalue weighted by Crippen LogP contribution is 2.22. The molecular weight excluding hydrogens is 300 g/mol. The first kappa shape index (κ1) is 12.5. The van der Waals surface area contributed by atoms with Crippen LogP contribution in [0.3, 0.4) is 0 Å². The molecule has 0 saturated carbocycles. The van der Waals surface area contributed by atoms with E-state index in [0.29, 0.717) is 12.5 Å². The zero-order valence-electron chi connectivity index (χ0n) is 9.43. The van der Waals surface area contributed by atoms with Gasteiger partial charge < -0.3 is 10.6 Å². The van der Waals surface area contributed by atoms with E-state index in [9.17, 15) is 0 Å². The van der Waals surface area contributed by atoms with Crippen LogP contribution in [-0.4, -0.2) is 17.0 Å². The highest BCUT2D eigenvalue weighted by molar-refractivity contribution is 9.11. The second-order valence-electron chi connectivity index (χ2n) is 3.71. The maximum Gasteiger partial charge on any atom is 0.225 e. The van der Waals surface area contributed by atoms with E-state index in [1.165, 1.54) is 5.56 Å². The van der Waals surface area contributed by atoms with Gasteiger partial charge >= 0.3 is 0 Å². The summed E-state index contributed by atoms with van der Waals surface area (Å²) in [6.07, 6.45) is 3.53. The number of halogens is 1. The van der Waals surface area contributed by atoms with Crippen molar-refractivity contribution in [2.75, 3.05) is 11.9 Å². The smallest absolute Gasteiger partial charge is 0.225 e. The maximum atomic E-state index is 5.50. The fraction of sp³-hybridized carbons (Fsp3) is 0.273. The van der Waals surface area contributed by atoms with Crippen LogP contribution in [0.1, 0.15) is 11.1 Å². The van der Waals surface area contributed by atoms with Crippen molar-refractivity contribution in [3.63, 3.8) is 0 Å². The summed E-state index contributed by atoms with van der Waals surface area (Å²) in [5, 5.41) is 2.12. The molecular formula is C11H13BrN4S.